The number of hydrogen-bond acceptors (Lipinski definition) is 2. The molecule has 1 heterocycles. The van der Waals surface area contributed by atoms with Gasteiger partial charge in [-0.2, -0.15) is 0 Å². The van der Waals surface area contributed by atoms with Crippen LogP contribution < -0.4 is 4.90 Å². The maximum atomic E-state index is 11.1. The topological polar surface area (TPSA) is 23.5 Å². The molecule has 0 radical (unpaired) electrons. The highest BCUT2D eigenvalue weighted by Gasteiger charge is 2.34. The van der Waals surface area contributed by atoms with E-state index in [-0.39, 0.29) is 0 Å². The molecule has 2 aromatic carbocycles. The van der Waals surface area contributed by atoms with Gasteiger partial charge in [-0.1, -0.05) is 68.5 Å². The van der Waals surface area contributed by atoms with Crippen molar-refractivity contribution in [3.05, 3.63) is 64.2 Å². The molecule has 1 saturated heterocycles. The summed E-state index contributed by atoms with van der Waals surface area (Å²) in [7, 11) is 0. The summed E-state index contributed by atoms with van der Waals surface area (Å²) < 4.78 is 0. The smallest absolute Gasteiger partial charge is 0.0930 e. The molecule has 0 amide bonds. The normalized spacial score (nSPS) is 16.4. The van der Waals surface area contributed by atoms with Gasteiger partial charge in [-0.15, -0.1) is 0 Å². The Kier molecular flexibility index (Phi) is 7.42. The largest absolute Gasteiger partial charge is 0.385 e. The van der Waals surface area contributed by atoms with Gasteiger partial charge in [-0.25, -0.2) is 0 Å². The van der Waals surface area contributed by atoms with Crippen LogP contribution in [0.15, 0.2) is 42.5 Å². The molecule has 0 unspecified atom stereocenters. The highest BCUT2D eigenvalue weighted by molar-refractivity contribution is 6.30. The second-order valence-corrected chi connectivity index (χ2v) is 8.75. The molecule has 0 bridgehead atoms. The number of hydrogen-bond donors (Lipinski definition) is 1. The standard InChI is InChI=1S/C25H34ClNO/c1-3-4-5-6-7-8-21-9-14-24(20(2)19-21)27-17-15-25(28,16-18-27)22-10-12-23(26)13-11-22/h9-14,19,28H,3-8,15-18H2,1-2H3. The zero-order valence-electron chi connectivity index (χ0n) is 17.4. The molecule has 1 aliphatic rings. The maximum Gasteiger partial charge on any atom is 0.0930 e. The third kappa shape index (κ3) is 5.30. The third-order valence-electron chi connectivity index (χ3n) is 6.14. The molecule has 1 aliphatic heterocycles. The van der Waals surface area contributed by atoms with Crippen LogP contribution in [0.1, 0.15) is 68.6 Å². The predicted molar refractivity (Wildman–Crippen MR) is 120 cm³/mol. The van der Waals surface area contributed by atoms with Crippen molar-refractivity contribution >= 4 is 17.3 Å². The van der Waals surface area contributed by atoms with Gasteiger partial charge in [0.2, 0.25) is 0 Å². The van der Waals surface area contributed by atoms with Crippen molar-refractivity contribution in [1.82, 2.24) is 0 Å². The fourth-order valence-corrected chi connectivity index (χ4v) is 4.45. The Balaban J connectivity index is 1.57. The molecule has 0 atom stereocenters. The Morgan fingerprint density at radius 2 is 1.64 bits per heavy atom. The lowest BCUT2D eigenvalue weighted by molar-refractivity contribution is 0.0117. The average molecular weight is 400 g/mol. The van der Waals surface area contributed by atoms with Crippen LogP contribution in [-0.4, -0.2) is 18.2 Å². The zero-order valence-corrected chi connectivity index (χ0v) is 18.1. The first-order valence-electron chi connectivity index (χ1n) is 10.8. The lowest BCUT2D eigenvalue weighted by atomic mass is 9.84. The van der Waals surface area contributed by atoms with E-state index in [1.54, 1.807) is 0 Å². The SMILES string of the molecule is CCCCCCCc1ccc(N2CCC(O)(c3ccc(Cl)cc3)CC2)c(C)c1. The first-order chi connectivity index (χ1) is 13.5. The van der Waals surface area contributed by atoms with Crippen LogP contribution in [0.25, 0.3) is 0 Å². The summed E-state index contributed by atoms with van der Waals surface area (Å²) in [5, 5.41) is 11.8. The lowest BCUT2D eigenvalue weighted by Gasteiger charge is -2.40. The molecular formula is C25H34ClNO. The van der Waals surface area contributed by atoms with E-state index in [2.05, 4.69) is 36.9 Å². The number of piperidine rings is 1. The van der Waals surface area contributed by atoms with Crippen LogP contribution in [0.5, 0.6) is 0 Å². The number of anilines is 1. The monoisotopic (exact) mass is 399 g/mol. The molecular weight excluding hydrogens is 366 g/mol. The number of aliphatic hydroxyl groups is 1. The summed E-state index contributed by atoms with van der Waals surface area (Å²) in [6.45, 7) is 6.22. The quantitative estimate of drug-likeness (QED) is 0.502. The zero-order chi connectivity index (χ0) is 20.0. The summed E-state index contributed by atoms with van der Waals surface area (Å²) in [6.07, 6.45) is 9.31. The molecule has 0 saturated carbocycles. The number of nitrogens with zero attached hydrogens (tertiary/aromatic N) is 1. The number of unbranched alkanes of at least 4 members (excludes halogenated alkanes) is 4. The van der Waals surface area contributed by atoms with Gasteiger partial charge >= 0.3 is 0 Å². The highest BCUT2D eigenvalue weighted by atomic mass is 35.5. The van der Waals surface area contributed by atoms with Crippen LogP contribution >= 0.6 is 11.6 Å². The summed E-state index contributed by atoms with van der Waals surface area (Å²) in [4.78, 5) is 2.42. The van der Waals surface area contributed by atoms with E-state index in [9.17, 15) is 5.11 Å². The highest BCUT2D eigenvalue weighted by Crippen LogP contribution is 2.36. The van der Waals surface area contributed by atoms with Crippen molar-refractivity contribution in [2.45, 2.75) is 70.8 Å². The average Bonchev–Trinajstić information content (AvgIpc) is 2.69. The number of aryl methyl sites for hydroxylation is 2. The van der Waals surface area contributed by atoms with Crippen LogP contribution in [0.2, 0.25) is 5.02 Å². The molecule has 28 heavy (non-hydrogen) atoms. The van der Waals surface area contributed by atoms with E-state index in [0.29, 0.717) is 5.02 Å². The second kappa shape index (κ2) is 9.80. The molecule has 0 aromatic heterocycles. The fraction of sp³-hybridized carbons (Fsp3) is 0.520. The van der Waals surface area contributed by atoms with Crippen molar-refractivity contribution in [2.24, 2.45) is 0 Å². The Morgan fingerprint density at radius 3 is 2.29 bits per heavy atom. The molecule has 3 rings (SSSR count). The summed E-state index contributed by atoms with van der Waals surface area (Å²) in [6, 6.07) is 14.6. The molecule has 1 N–H and O–H groups in total. The molecule has 152 valence electrons. The fourth-order valence-electron chi connectivity index (χ4n) is 4.33. The predicted octanol–water partition coefficient (Wildman–Crippen LogP) is 6.65. The molecule has 2 nitrogen and oxygen atoms in total. The van der Waals surface area contributed by atoms with Gasteiger partial charge in [0.15, 0.2) is 0 Å². The Morgan fingerprint density at radius 1 is 0.964 bits per heavy atom. The van der Waals surface area contributed by atoms with E-state index < -0.39 is 5.60 Å². The van der Waals surface area contributed by atoms with Crippen LogP contribution in [0.3, 0.4) is 0 Å². The van der Waals surface area contributed by atoms with E-state index >= 15 is 0 Å². The van der Waals surface area contributed by atoms with Gasteiger partial charge in [0, 0.05) is 23.8 Å². The lowest BCUT2D eigenvalue weighted by Crippen LogP contribution is -2.42. The van der Waals surface area contributed by atoms with E-state index in [4.69, 9.17) is 11.6 Å². The van der Waals surface area contributed by atoms with Crippen LogP contribution in [0.4, 0.5) is 5.69 Å². The van der Waals surface area contributed by atoms with Crippen LogP contribution in [0, 0.1) is 6.92 Å². The van der Waals surface area contributed by atoms with E-state index in [1.165, 1.54) is 55.3 Å². The first-order valence-corrected chi connectivity index (χ1v) is 11.2. The molecule has 3 heteroatoms. The van der Waals surface area contributed by atoms with Crippen LogP contribution in [-0.2, 0) is 12.0 Å². The summed E-state index contributed by atoms with van der Waals surface area (Å²) in [5.41, 5.74) is 4.35. The Labute approximate surface area is 175 Å². The van der Waals surface area contributed by atoms with Gasteiger partial charge < -0.3 is 10.0 Å². The summed E-state index contributed by atoms with van der Waals surface area (Å²) in [5.74, 6) is 0. The van der Waals surface area contributed by atoms with Gasteiger partial charge in [-0.3, -0.25) is 0 Å². The maximum absolute atomic E-state index is 11.1. The Bertz CT molecular complexity index is 748. The van der Waals surface area contributed by atoms with Crippen molar-refractivity contribution in [3.8, 4) is 0 Å². The van der Waals surface area contributed by atoms with Gasteiger partial charge in [-0.05, 0) is 67.5 Å². The van der Waals surface area contributed by atoms with Crippen molar-refractivity contribution in [1.29, 1.82) is 0 Å². The minimum atomic E-state index is -0.743. The minimum Gasteiger partial charge on any atom is -0.385 e. The summed E-state index contributed by atoms with van der Waals surface area (Å²) >= 11 is 5.99. The van der Waals surface area contributed by atoms with E-state index in [1.807, 2.05) is 24.3 Å². The second-order valence-electron chi connectivity index (χ2n) is 8.31. The Hall–Kier alpha value is -1.51. The molecule has 1 fully saturated rings. The van der Waals surface area contributed by atoms with Gasteiger partial charge in [0.1, 0.15) is 0 Å². The third-order valence-corrected chi connectivity index (χ3v) is 6.40. The number of benzene rings is 2. The number of rotatable bonds is 8. The molecule has 2 aromatic rings. The van der Waals surface area contributed by atoms with Gasteiger partial charge in [0.05, 0.1) is 5.60 Å². The molecule has 0 aliphatic carbocycles. The molecule has 0 spiro atoms. The van der Waals surface area contributed by atoms with Gasteiger partial charge in [0.25, 0.3) is 0 Å². The van der Waals surface area contributed by atoms with E-state index in [0.717, 1.165) is 31.5 Å². The van der Waals surface area contributed by atoms with Crippen molar-refractivity contribution < 1.29 is 5.11 Å². The first kappa shape index (κ1) is 21.2. The minimum absolute atomic E-state index is 0.714. The number of halogens is 1. The van der Waals surface area contributed by atoms with Crippen molar-refractivity contribution in [2.75, 3.05) is 18.0 Å². The van der Waals surface area contributed by atoms with Crippen molar-refractivity contribution in [3.63, 3.8) is 0 Å².